The summed E-state index contributed by atoms with van der Waals surface area (Å²) in [6.45, 7) is 0.682. The van der Waals surface area contributed by atoms with Crippen molar-refractivity contribution in [2.75, 3.05) is 25.0 Å². The van der Waals surface area contributed by atoms with Crippen LogP contribution in [0.2, 0.25) is 5.02 Å². The van der Waals surface area contributed by atoms with Crippen LogP contribution in [0.4, 0.5) is 10.5 Å². The van der Waals surface area contributed by atoms with Gasteiger partial charge >= 0.3 is 12.1 Å². The molecule has 1 heterocycles. The highest BCUT2D eigenvalue weighted by Gasteiger charge is 2.24. The Kier molecular flexibility index (Phi) is 7.74. The highest BCUT2D eigenvalue weighted by Crippen LogP contribution is 2.36. The van der Waals surface area contributed by atoms with Crippen molar-refractivity contribution in [2.45, 2.75) is 17.9 Å². The molecule has 1 amide bonds. The number of aliphatic carboxylic acids is 1. The van der Waals surface area contributed by atoms with Crippen molar-refractivity contribution in [2.24, 2.45) is 0 Å². The Balaban J connectivity index is 1.68. The first-order valence-corrected chi connectivity index (χ1v) is 12.9. The molecule has 10 nitrogen and oxygen atoms in total. The second-order valence-corrected chi connectivity index (χ2v) is 10.2. The molecule has 0 bridgehead atoms. The number of benzene rings is 3. The molecular weight excluding hydrogens is 524 g/mol. The maximum absolute atomic E-state index is 12.9. The summed E-state index contributed by atoms with van der Waals surface area (Å²) >= 11 is 5.87. The van der Waals surface area contributed by atoms with Crippen LogP contribution in [-0.2, 0) is 32.5 Å². The number of sulfonamides is 1. The van der Waals surface area contributed by atoms with Crippen molar-refractivity contribution in [1.29, 1.82) is 0 Å². The third-order valence-corrected chi connectivity index (χ3v) is 7.10. The number of nitrogens with one attached hydrogen (secondary N) is 1. The van der Waals surface area contributed by atoms with Crippen LogP contribution in [0.25, 0.3) is 0 Å². The van der Waals surface area contributed by atoms with Gasteiger partial charge in [0.15, 0.2) is 11.5 Å². The summed E-state index contributed by atoms with van der Waals surface area (Å²) in [7, 11) is -2.46. The van der Waals surface area contributed by atoms with Crippen molar-refractivity contribution < 1.29 is 37.3 Å². The zero-order valence-corrected chi connectivity index (χ0v) is 21.2. The minimum Gasteiger partial charge on any atom is -0.493 e. The molecule has 2 N–H and O–H groups in total. The first kappa shape index (κ1) is 26.1. The SMILES string of the molecule is COc1ccc(CC(=O)O)cc1Oc1ccc(NS(=O)(=O)c2ccc(Cl)cc2)cc1CN1CCOC1=O. The number of amides is 1. The molecule has 0 spiro atoms. The number of carbonyl (C=O) groups excluding carboxylic acids is 1. The van der Waals surface area contributed by atoms with Crippen LogP contribution in [0.1, 0.15) is 11.1 Å². The van der Waals surface area contributed by atoms with Gasteiger partial charge in [-0.3, -0.25) is 9.52 Å². The van der Waals surface area contributed by atoms with E-state index in [1.165, 1.54) is 42.3 Å². The summed E-state index contributed by atoms with van der Waals surface area (Å²) in [4.78, 5) is 24.7. The lowest BCUT2D eigenvalue weighted by molar-refractivity contribution is -0.136. The normalized spacial score (nSPS) is 13.2. The lowest BCUT2D eigenvalue weighted by atomic mass is 10.1. The van der Waals surface area contributed by atoms with Gasteiger partial charge in [-0.05, 0) is 60.2 Å². The molecule has 0 aromatic heterocycles. The largest absolute Gasteiger partial charge is 0.493 e. The second kappa shape index (κ2) is 11.0. The Morgan fingerprint density at radius 2 is 1.81 bits per heavy atom. The van der Waals surface area contributed by atoms with Crippen molar-refractivity contribution in [3.63, 3.8) is 0 Å². The molecule has 0 unspecified atom stereocenters. The van der Waals surface area contributed by atoms with Gasteiger partial charge in [-0.25, -0.2) is 13.2 Å². The van der Waals surface area contributed by atoms with Crippen LogP contribution >= 0.6 is 11.6 Å². The predicted molar refractivity (Wildman–Crippen MR) is 135 cm³/mol. The first-order valence-electron chi connectivity index (χ1n) is 11.0. The molecule has 3 aromatic carbocycles. The monoisotopic (exact) mass is 546 g/mol. The van der Waals surface area contributed by atoms with E-state index >= 15 is 0 Å². The van der Waals surface area contributed by atoms with E-state index in [-0.39, 0.29) is 35.9 Å². The number of anilines is 1. The van der Waals surface area contributed by atoms with Gasteiger partial charge in [0, 0.05) is 16.3 Å². The second-order valence-electron chi connectivity index (χ2n) is 8.08. The molecule has 1 fully saturated rings. The smallest absolute Gasteiger partial charge is 0.410 e. The van der Waals surface area contributed by atoms with Crippen LogP contribution in [0, 0.1) is 0 Å². The van der Waals surface area contributed by atoms with Crippen LogP contribution < -0.4 is 14.2 Å². The number of cyclic esters (lactones) is 1. The van der Waals surface area contributed by atoms with Gasteiger partial charge in [0.05, 0.1) is 31.5 Å². The molecule has 0 atom stereocenters. The number of carboxylic acids is 1. The summed E-state index contributed by atoms with van der Waals surface area (Å²) in [5.74, 6) is -0.0456. The van der Waals surface area contributed by atoms with E-state index in [1.807, 2.05) is 0 Å². The molecule has 1 aliphatic rings. The minimum atomic E-state index is -3.91. The van der Waals surface area contributed by atoms with Gasteiger partial charge in [0.2, 0.25) is 0 Å². The van der Waals surface area contributed by atoms with Crippen LogP contribution in [0.5, 0.6) is 17.2 Å². The molecule has 194 valence electrons. The lowest BCUT2D eigenvalue weighted by Gasteiger charge is -2.19. The van der Waals surface area contributed by atoms with Crippen molar-refractivity contribution in [3.05, 3.63) is 76.8 Å². The molecule has 4 rings (SSSR count). The first-order chi connectivity index (χ1) is 17.6. The zero-order valence-electron chi connectivity index (χ0n) is 19.6. The molecule has 0 saturated carbocycles. The van der Waals surface area contributed by atoms with Gasteiger partial charge in [-0.1, -0.05) is 17.7 Å². The third kappa shape index (κ3) is 6.43. The number of carboxylic acid groups (broad SMARTS) is 1. The minimum absolute atomic E-state index is 0.0295. The molecule has 3 aromatic rings. The molecule has 1 aliphatic heterocycles. The van der Waals surface area contributed by atoms with E-state index in [0.29, 0.717) is 34.2 Å². The number of ether oxygens (including phenoxy) is 3. The summed E-state index contributed by atoms with van der Waals surface area (Å²) in [6, 6.07) is 15.1. The fourth-order valence-corrected chi connectivity index (χ4v) is 4.85. The van der Waals surface area contributed by atoms with Crippen LogP contribution in [0.15, 0.2) is 65.6 Å². The van der Waals surface area contributed by atoms with Gasteiger partial charge in [0.25, 0.3) is 10.0 Å². The fraction of sp³-hybridized carbons (Fsp3) is 0.200. The molecule has 0 radical (unpaired) electrons. The molecule has 37 heavy (non-hydrogen) atoms. The predicted octanol–water partition coefficient (Wildman–Crippen LogP) is 4.52. The topological polar surface area (TPSA) is 131 Å². The number of carbonyl (C=O) groups is 2. The standard InChI is InChI=1S/C25H23ClN2O8S/c1-34-22-8-2-16(13-24(29)30)12-23(22)36-21-9-5-19(14-17(21)15-28-10-11-35-25(28)31)27-37(32,33)20-6-3-18(26)4-7-20/h2-9,12,14,27H,10-11,13,15H2,1H3,(H,29,30). The van der Waals surface area contributed by atoms with E-state index < -0.39 is 22.1 Å². The molecular formula is C25H23ClN2O8S. The van der Waals surface area contributed by atoms with Gasteiger partial charge in [0.1, 0.15) is 12.4 Å². The lowest BCUT2D eigenvalue weighted by Crippen LogP contribution is -2.24. The summed E-state index contributed by atoms with van der Waals surface area (Å²) < 4.78 is 44.7. The molecule has 12 heteroatoms. The summed E-state index contributed by atoms with van der Waals surface area (Å²) in [5.41, 5.74) is 1.23. The van der Waals surface area contributed by atoms with E-state index in [4.69, 9.17) is 30.9 Å². The Morgan fingerprint density at radius 3 is 2.46 bits per heavy atom. The number of halogens is 1. The van der Waals surface area contributed by atoms with E-state index in [2.05, 4.69) is 4.72 Å². The van der Waals surface area contributed by atoms with Gasteiger partial charge in [-0.2, -0.15) is 0 Å². The number of hydrogen-bond donors (Lipinski definition) is 2. The van der Waals surface area contributed by atoms with Gasteiger partial charge in [-0.15, -0.1) is 0 Å². The van der Waals surface area contributed by atoms with E-state index in [1.54, 1.807) is 30.3 Å². The Hall–Kier alpha value is -3.96. The van der Waals surface area contributed by atoms with Crippen LogP contribution in [0.3, 0.4) is 0 Å². The van der Waals surface area contributed by atoms with Crippen LogP contribution in [-0.4, -0.2) is 50.7 Å². The molecule has 0 aliphatic carbocycles. The number of rotatable bonds is 10. The highest BCUT2D eigenvalue weighted by molar-refractivity contribution is 7.92. The number of nitrogens with zero attached hydrogens (tertiary/aromatic N) is 1. The van der Waals surface area contributed by atoms with Crippen molar-refractivity contribution in [1.82, 2.24) is 4.90 Å². The van der Waals surface area contributed by atoms with Crippen molar-refractivity contribution >= 4 is 39.4 Å². The fourth-order valence-electron chi connectivity index (χ4n) is 3.67. The van der Waals surface area contributed by atoms with E-state index in [0.717, 1.165) is 0 Å². The average Bonchev–Trinajstić information content (AvgIpc) is 3.25. The zero-order chi connectivity index (χ0) is 26.6. The summed E-state index contributed by atoms with van der Waals surface area (Å²) in [6.07, 6.45) is -0.711. The summed E-state index contributed by atoms with van der Waals surface area (Å²) in [5, 5.41) is 9.54. The molecule has 1 saturated heterocycles. The van der Waals surface area contributed by atoms with E-state index in [9.17, 15) is 18.0 Å². The van der Waals surface area contributed by atoms with Crippen molar-refractivity contribution in [3.8, 4) is 17.2 Å². The van der Waals surface area contributed by atoms with Gasteiger partial charge < -0.3 is 24.2 Å². The Bertz CT molecular complexity index is 1430. The number of methoxy groups -OCH3 is 1. The Labute approximate surface area is 218 Å². The maximum Gasteiger partial charge on any atom is 0.410 e. The highest BCUT2D eigenvalue weighted by atomic mass is 35.5. The number of hydrogen-bond acceptors (Lipinski definition) is 7. The quantitative estimate of drug-likeness (QED) is 0.379. The maximum atomic E-state index is 12.9. The average molecular weight is 547 g/mol. The third-order valence-electron chi connectivity index (χ3n) is 5.45. The Morgan fingerprint density at radius 1 is 1.08 bits per heavy atom.